The largest absolute Gasteiger partial charge is 0.490 e. The second-order valence-electron chi connectivity index (χ2n) is 6.98. The number of halogens is 1. The van der Waals surface area contributed by atoms with Crippen molar-refractivity contribution in [2.75, 3.05) is 11.9 Å². The van der Waals surface area contributed by atoms with Gasteiger partial charge in [0.25, 0.3) is 0 Å². The lowest BCUT2D eigenvalue weighted by molar-refractivity contribution is 0.269. The van der Waals surface area contributed by atoms with Gasteiger partial charge in [-0.3, -0.25) is 0 Å². The summed E-state index contributed by atoms with van der Waals surface area (Å²) in [7, 11) is 0. The topological polar surface area (TPSA) is 30.5 Å². The number of hydrogen-bond acceptors (Lipinski definition) is 3. The highest BCUT2D eigenvalue weighted by atomic mass is 79.9. The number of hydrogen-bond donors (Lipinski definition) is 1. The molecular formula is C26H24BrNO2. The van der Waals surface area contributed by atoms with Gasteiger partial charge in [0, 0.05) is 22.1 Å². The van der Waals surface area contributed by atoms with E-state index in [9.17, 15) is 0 Å². The van der Waals surface area contributed by atoms with Crippen molar-refractivity contribution in [2.45, 2.75) is 20.1 Å². The molecule has 0 atom stereocenters. The first kappa shape index (κ1) is 20.3. The molecule has 4 aromatic rings. The van der Waals surface area contributed by atoms with Crippen LogP contribution in [-0.4, -0.2) is 6.61 Å². The van der Waals surface area contributed by atoms with Crippen LogP contribution in [0.4, 0.5) is 5.69 Å². The molecule has 0 aromatic heterocycles. The fraction of sp³-hybridized carbons (Fsp3) is 0.154. The van der Waals surface area contributed by atoms with Gasteiger partial charge in [-0.1, -0.05) is 82.7 Å². The minimum Gasteiger partial charge on any atom is -0.490 e. The molecule has 0 unspecified atom stereocenters. The Hall–Kier alpha value is -2.98. The zero-order chi connectivity index (χ0) is 20.8. The lowest BCUT2D eigenvalue weighted by Crippen LogP contribution is -2.04. The van der Waals surface area contributed by atoms with Crippen LogP contribution < -0.4 is 14.8 Å². The summed E-state index contributed by atoms with van der Waals surface area (Å²) >= 11 is 3.71. The summed E-state index contributed by atoms with van der Waals surface area (Å²) in [5, 5.41) is 6.00. The second-order valence-corrected chi connectivity index (χ2v) is 7.83. The third-order valence-electron chi connectivity index (χ3n) is 4.91. The molecule has 0 amide bonds. The fourth-order valence-electron chi connectivity index (χ4n) is 3.40. The molecule has 0 aliphatic carbocycles. The van der Waals surface area contributed by atoms with E-state index in [1.807, 2.05) is 37.3 Å². The van der Waals surface area contributed by atoms with E-state index in [2.05, 4.69) is 75.8 Å². The molecule has 0 spiro atoms. The lowest BCUT2D eigenvalue weighted by atomic mass is 10.1. The van der Waals surface area contributed by atoms with Crippen molar-refractivity contribution < 1.29 is 9.47 Å². The highest BCUT2D eigenvalue weighted by Crippen LogP contribution is 2.35. The Kier molecular flexibility index (Phi) is 6.55. The van der Waals surface area contributed by atoms with Gasteiger partial charge >= 0.3 is 0 Å². The van der Waals surface area contributed by atoms with Crippen molar-refractivity contribution in [1.29, 1.82) is 0 Å². The average Bonchev–Trinajstić information content (AvgIpc) is 2.79. The van der Waals surface area contributed by atoms with Crippen molar-refractivity contribution in [1.82, 2.24) is 0 Å². The van der Waals surface area contributed by atoms with Crippen LogP contribution in [0.2, 0.25) is 0 Å². The van der Waals surface area contributed by atoms with E-state index in [1.54, 1.807) is 0 Å². The summed E-state index contributed by atoms with van der Waals surface area (Å²) in [5.74, 6) is 1.49. The smallest absolute Gasteiger partial charge is 0.162 e. The third-order valence-corrected chi connectivity index (χ3v) is 5.65. The summed E-state index contributed by atoms with van der Waals surface area (Å²) < 4.78 is 12.9. The number of rotatable bonds is 8. The lowest BCUT2D eigenvalue weighted by Gasteiger charge is -2.16. The second kappa shape index (κ2) is 9.68. The minimum absolute atomic E-state index is 0.501. The highest BCUT2D eigenvalue weighted by Gasteiger charge is 2.12. The average molecular weight is 462 g/mol. The maximum atomic E-state index is 6.06. The van der Waals surface area contributed by atoms with E-state index in [0.717, 1.165) is 32.8 Å². The predicted octanol–water partition coefficient (Wildman–Crippen LogP) is 7.19. The molecular weight excluding hydrogens is 438 g/mol. The van der Waals surface area contributed by atoms with E-state index in [0.29, 0.717) is 19.8 Å². The van der Waals surface area contributed by atoms with Crippen LogP contribution in [0.3, 0.4) is 0 Å². The predicted molar refractivity (Wildman–Crippen MR) is 127 cm³/mol. The standard InChI is InChI=1S/C26H24BrNO2/c1-2-29-25-15-21(17-28-24-14-8-12-20-11-6-7-13-22(20)24)23(27)16-26(25)30-18-19-9-4-3-5-10-19/h3-16,28H,2,17-18H2,1H3. The Labute approximate surface area is 185 Å². The van der Waals surface area contributed by atoms with Gasteiger partial charge < -0.3 is 14.8 Å². The molecule has 3 nitrogen and oxygen atoms in total. The van der Waals surface area contributed by atoms with Gasteiger partial charge in [0.05, 0.1) is 6.61 Å². The molecule has 0 aliphatic heterocycles. The third kappa shape index (κ3) is 4.77. The van der Waals surface area contributed by atoms with Gasteiger partial charge in [0.15, 0.2) is 11.5 Å². The molecule has 0 fully saturated rings. The van der Waals surface area contributed by atoms with E-state index in [1.165, 1.54) is 10.8 Å². The van der Waals surface area contributed by atoms with Crippen LogP contribution in [0.1, 0.15) is 18.1 Å². The van der Waals surface area contributed by atoms with Crippen LogP contribution >= 0.6 is 15.9 Å². The number of benzene rings is 4. The normalized spacial score (nSPS) is 10.7. The molecule has 0 heterocycles. The highest BCUT2D eigenvalue weighted by molar-refractivity contribution is 9.10. The first-order valence-electron chi connectivity index (χ1n) is 10.1. The van der Waals surface area contributed by atoms with Gasteiger partial charge in [-0.05, 0) is 41.6 Å². The minimum atomic E-state index is 0.501. The van der Waals surface area contributed by atoms with Gasteiger partial charge in [-0.15, -0.1) is 0 Å². The van der Waals surface area contributed by atoms with Crippen LogP contribution in [0, 0.1) is 0 Å². The molecule has 30 heavy (non-hydrogen) atoms. The van der Waals surface area contributed by atoms with Crippen LogP contribution in [0.5, 0.6) is 11.5 Å². The van der Waals surface area contributed by atoms with E-state index in [-0.39, 0.29) is 0 Å². The molecule has 4 heteroatoms. The summed E-state index contributed by atoms with van der Waals surface area (Å²) in [4.78, 5) is 0. The molecule has 0 saturated heterocycles. The number of fused-ring (bicyclic) bond motifs is 1. The van der Waals surface area contributed by atoms with Crippen LogP contribution in [0.15, 0.2) is 89.4 Å². The first-order chi connectivity index (χ1) is 14.7. The summed E-state index contributed by atoms with van der Waals surface area (Å²) in [6.45, 7) is 3.74. The molecule has 0 bridgehead atoms. The Morgan fingerprint density at radius 2 is 1.53 bits per heavy atom. The summed E-state index contributed by atoms with van der Waals surface area (Å²) in [6.07, 6.45) is 0. The SMILES string of the molecule is CCOc1cc(CNc2cccc3ccccc23)c(Br)cc1OCc1ccccc1. The van der Waals surface area contributed by atoms with Gasteiger partial charge in [0.2, 0.25) is 0 Å². The van der Waals surface area contributed by atoms with E-state index in [4.69, 9.17) is 9.47 Å². The van der Waals surface area contributed by atoms with Crippen molar-refractivity contribution in [3.8, 4) is 11.5 Å². The Balaban J connectivity index is 1.53. The quantitative estimate of drug-likeness (QED) is 0.301. The summed E-state index contributed by atoms with van der Waals surface area (Å²) in [5.41, 5.74) is 3.35. The number of ether oxygens (including phenoxy) is 2. The zero-order valence-electron chi connectivity index (χ0n) is 16.9. The van der Waals surface area contributed by atoms with Crippen LogP contribution in [-0.2, 0) is 13.2 Å². The Morgan fingerprint density at radius 3 is 2.37 bits per heavy atom. The molecule has 4 rings (SSSR count). The van der Waals surface area contributed by atoms with Crippen molar-refractivity contribution in [3.05, 3.63) is 101 Å². The Bertz CT molecular complexity index is 1120. The zero-order valence-corrected chi connectivity index (χ0v) is 18.5. The monoisotopic (exact) mass is 461 g/mol. The number of nitrogens with one attached hydrogen (secondary N) is 1. The maximum absolute atomic E-state index is 6.06. The first-order valence-corrected chi connectivity index (χ1v) is 10.9. The molecule has 0 aliphatic rings. The van der Waals surface area contributed by atoms with Gasteiger partial charge in [-0.2, -0.15) is 0 Å². The van der Waals surface area contributed by atoms with Crippen molar-refractivity contribution in [3.63, 3.8) is 0 Å². The Morgan fingerprint density at radius 1 is 0.800 bits per heavy atom. The van der Waals surface area contributed by atoms with Gasteiger partial charge in [-0.25, -0.2) is 0 Å². The summed E-state index contributed by atoms with van der Waals surface area (Å²) in [6, 6.07) is 28.9. The van der Waals surface area contributed by atoms with Gasteiger partial charge in [0.1, 0.15) is 6.61 Å². The molecule has 152 valence electrons. The van der Waals surface area contributed by atoms with Crippen molar-refractivity contribution >= 4 is 32.4 Å². The number of anilines is 1. The maximum Gasteiger partial charge on any atom is 0.162 e. The van der Waals surface area contributed by atoms with E-state index < -0.39 is 0 Å². The molecule has 1 N–H and O–H groups in total. The molecule has 0 saturated carbocycles. The fourth-order valence-corrected chi connectivity index (χ4v) is 3.86. The van der Waals surface area contributed by atoms with E-state index >= 15 is 0 Å². The molecule has 0 radical (unpaired) electrons. The van der Waals surface area contributed by atoms with Crippen LogP contribution in [0.25, 0.3) is 10.8 Å². The molecule has 4 aromatic carbocycles. The van der Waals surface area contributed by atoms with Crippen molar-refractivity contribution in [2.24, 2.45) is 0 Å².